The van der Waals surface area contributed by atoms with Crippen LogP contribution in [0, 0.1) is 0 Å². The van der Waals surface area contributed by atoms with E-state index in [2.05, 4.69) is 36.4 Å². The molecule has 1 heterocycles. The summed E-state index contributed by atoms with van der Waals surface area (Å²) in [5.74, 6) is 1.44. The van der Waals surface area contributed by atoms with Gasteiger partial charge in [0.15, 0.2) is 17.3 Å². The number of benzene rings is 5. The summed E-state index contributed by atoms with van der Waals surface area (Å²) in [7, 11) is 0. The average Bonchev–Trinajstić information content (AvgIpc) is 3.39. The maximum absolute atomic E-state index is 6.48. The van der Waals surface area contributed by atoms with Crippen LogP contribution < -0.4 is 14.2 Å². The van der Waals surface area contributed by atoms with Gasteiger partial charge in [0.1, 0.15) is 37.8 Å². The van der Waals surface area contributed by atoms with E-state index < -0.39 is 5.79 Å². The second-order valence-electron chi connectivity index (χ2n) is 11.1. The van der Waals surface area contributed by atoms with Crippen LogP contribution in [-0.4, -0.2) is 5.79 Å². The van der Waals surface area contributed by atoms with Gasteiger partial charge in [-0.3, -0.25) is 0 Å². The van der Waals surface area contributed by atoms with Crippen molar-refractivity contribution in [2.75, 3.05) is 0 Å². The molecule has 5 nitrogen and oxygen atoms in total. The molecule has 5 aromatic rings. The Morgan fingerprint density at radius 1 is 0.488 bits per heavy atom. The Balaban J connectivity index is 1.23. The highest BCUT2D eigenvalue weighted by atomic mass is 16.8. The molecule has 0 bridgehead atoms. The van der Waals surface area contributed by atoms with Gasteiger partial charge < -0.3 is 23.7 Å². The van der Waals surface area contributed by atoms with Crippen LogP contribution in [0.2, 0.25) is 0 Å². The SMILES string of the molecule is CC1(C)O[C@H](c2ccc(COc3ccccc3)cc2)[C@@H](c2ccc(OCc3ccccc3)c(OCc3ccccc3)c2)O1. The van der Waals surface area contributed by atoms with Crippen LogP contribution in [0.1, 0.15) is 53.9 Å². The third-order valence-electron chi connectivity index (χ3n) is 7.32. The molecule has 1 fully saturated rings. The van der Waals surface area contributed by atoms with Crippen LogP contribution in [0.15, 0.2) is 133 Å². The van der Waals surface area contributed by atoms with Gasteiger partial charge in [0.05, 0.1) is 0 Å². The Morgan fingerprint density at radius 2 is 0.953 bits per heavy atom. The fourth-order valence-corrected chi connectivity index (χ4v) is 5.14. The van der Waals surface area contributed by atoms with Crippen molar-refractivity contribution < 1.29 is 23.7 Å². The number of rotatable bonds is 11. The van der Waals surface area contributed by atoms with Gasteiger partial charge in [-0.1, -0.05) is 109 Å². The first-order valence-corrected chi connectivity index (χ1v) is 14.6. The lowest BCUT2D eigenvalue weighted by Gasteiger charge is -2.20. The molecule has 0 saturated carbocycles. The van der Waals surface area contributed by atoms with E-state index in [1.807, 2.05) is 111 Å². The molecule has 0 radical (unpaired) electrons. The molecule has 5 heteroatoms. The average molecular weight is 573 g/mol. The molecule has 2 atom stereocenters. The van der Waals surface area contributed by atoms with Crippen LogP contribution >= 0.6 is 0 Å². The smallest absolute Gasteiger partial charge is 0.164 e. The van der Waals surface area contributed by atoms with Gasteiger partial charge in [-0.2, -0.15) is 0 Å². The molecule has 0 aromatic heterocycles. The number of hydrogen-bond donors (Lipinski definition) is 0. The number of ether oxygens (including phenoxy) is 5. The Morgan fingerprint density at radius 3 is 1.56 bits per heavy atom. The summed E-state index contributed by atoms with van der Waals surface area (Å²) in [5, 5.41) is 0. The molecule has 5 aromatic carbocycles. The van der Waals surface area contributed by atoms with Crippen molar-refractivity contribution in [3.05, 3.63) is 161 Å². The molecule has 1 saturated heterocycles. The quantitative estimate of drug-likeness (QED) is 0.158. The first kappa shape index (κ1) is 28.5. The Labute approximate surface area is 253 Å². The summed E-state index contributed by atoms with van der Waals surface area (Å²) < 4.78 is 31.4. The van der Waals surface area contributed by atoms with E-state index in [4.69, 9.17) is 23.7 Å². The standard InChI is InChI=1S/C38H36O5/c1-38(2)42-36(31-20-18-30(19-21-31)25-39-33-16-10-5-11-17-33)37(43-38)32-22-23-34(40-26-28-12-6-3-7-13-28)35(24-32)41-27-29-14-8-4-9-15-29/h3-24,36-37H,25-27H2,1-2H3/t36-,37-/m1/s1. The second kappa shape index (κ2) is 13.2. The van der Waals surface area contributed by atoms with Gasteiger partial charge in [0.2, 0.25) is 0 Å². The van der Waals surface area contributed by atoms with Crippen molar-refractivity contribution in [1.82, 2.24) is 0 Å². The Bertz CT molecular complexity index is 1580. The molecule has 43 heavy (non-hydrogen) atoms. The monoisotopic (exact) mass is 572 g/mol. The van der Waals surface area contributed by atoms with Crippen molar-refractivity contribution >= 4 is 0 Å². The highest BCUT2D eigenvalue weighted by Gasteiger charge is 2.43. The molecule has 1 aliphatic heterocycles. The fourth-order valence-electron chi connectivity index (χ4n) is 5.14. The predicted molar refractivity (Wildman–Crippen MR) is 167 cm³/mol. The highest BCUT2D eigenvalue weighted by molar-refractivity contribution is 5.45. The van der Waals surface area contributed by atoms with E-state index in [0.717, 1.165) is 33.6 Å². The number of hydrogen-bond acceptors (Lipinski definition) is 5. The lowest BCUT2D eigenvalue weighted by molar-refractivity contribution is -0.147. The third-order valence-corrected chi connectivity index (χ3v) is 7.32. The van der Waals surface area contributed by atoms with E-state index >= 15 is 0 Å². The summed E-state index contributed by atoms with van der Waals surface area (Å²) in [6, 6.07) is 44.5. The van der Waals surface area contributed by atoms with Crippen LogP contribution in [-0.2, 0) is 29.3 Å². The highest BCUT2D eigenvalue weighted by Crippen LogP contribution is 2.48. The maximum Gasteiger partial charge on any atom is 0.164 e. The van der Waals surface area contributed by atoms with Crippen LogP contribution in [0.4, 0.5) is 0 Å². The third kappa shape index (κ3) is 7.44. The van der Waals surface area contributed by atoms with E-state index in [0.29, 0.717) is 31.3 Å². The summed E-state index contributed by atoms with van der Waals surface area (Å²) in [5.41, 5.74) is 5.25. The molecular weight excluding hydrogens is 536 g/mol. The molecular formula is C38H36O5. The van der Waals surface area contributed by atoms with Crippen LogP contribution in [0.25, 0.3) is 0 Å². The van der Waals surface area contributed by atoms with Gasteiger partial charge in [-0.25, -0.2) is 0 Å². The molecule has 0 amide bonds. The number of para-hydroxylation sites is 1. The molecule has 0 aliphatic carbocycles. The second-order valence-corrected chi connectivity index (χ2v) is 11.1. The summed E-state index contributed by atoms with van der Waals surface area (Å²) >= 11 is 0. The van der Waals surface area contributed by atoms with Crippen molar-refractivity contribution in [2.24, 2.45) is 0 Å². The van der Waals surface area contributed by atoms with Crippen molar-refractivity contribution in [1.29, 1.82) is 0 Å². The molecule has 1 aliphatic rings. The predicted octanol–water partition coefficient (Wildman–Crippen LogP) is 8.99. The first-order chi connectivity index (χ1) is 21.0. The largest absolute Gasteiger partial charge is 0.489 e. The van der Waals surface area contributed by atoms with Gasteiger partial charge in [-0.15, -0.1) is 0 Å². The minimum Gasteiger partial charge on any atom is -0.489 e. The summed E-state index contributed by atoms with van der Waals surface area (Å²) in [6.45, 7) is 5.27. The van der Waals surface area contributed by atoms with Crippen molar-refractivity contribution in [2.45, 2.75) is 51.7 Å². The minimum absolute atomic E-state index is 0.294. The van der Waals surface area contributed by atoms with Crippen LogP contribution in [0.3, 0.4) is 0 Å². The normalized spacial score (nSPS) is 17.3. The molecule has 0 unspecified atom stereocenters. The van der Waals surface area contributed by atoms with Crippen LogP contribution in [0.5, 0.6) is 17.2 Å². The molecule has 6 rings (SSSR count). The minimum atomic E-state index is -0.752. The van der Waals surface area contributed by atoms with Gasteiger partial charge in [0.25, 0.3) is 0 Å². The van der Waals surface area contributed by atoms with Crippen molar-refractivity contribution in [3.8, 4) is 17.2 Å². The van der Waals surface area contributed by atoms with E-state index in [1.54, 1.807) is 0 Å². The zero-order valence-corrected chi connectivity index (χ0v) is 24.5. The fraction of sp³-hybridized carbons (Fsp3) is 0.211. The topological polar surface area (TPSA) is 46.2 Å². The summed E-state index contributed by atoms with van der Waals surface area (Å²) in [4.78, 5) is 0. The maximum atomic E-state index is 6.48. The van der Waals surface area contributed by atoms with Gasteiger partial charge >= 0.3 is 0 Å². The Hall–Kier alpha value is -4.58. The van der Waals surface area contributed by atoms with E-state index in [1.165, 1.54) is 0 Å². The first-order valence-electron chi connectivity index (χ1n) is 14.6. The zero-order chi connectivity index (χ0) is 29.5. The lowest BCUT2D eigenvalue weighted by atomic mass is 9.97. The lowest BCUT2D eigenvalue weighted by Crippen LogP contribution is -2.20. The van der Waals surface area contributed by atoms with Gasteiger partial charge in [-0.05, 0) is 65.9 Å². The molecule has 218 valence electrons. The molecule has 0 N–H and O–H groups in total. The van der Waals surface area contributed by atoms with Gasteiger partial charge in [0, 0.05) is 0 Å². The van der Waals surface area contributed by atoms with Crippen molar-refractivity contribution in [3.63, 3.8) is 0 Å². The van der Waals surface area contributed by atoms with E-state index in [9.17, 15) is 0 Å². The summed E-state index contributed by atoms with van der Waals surface area (Å²) in [6.07, 6.45) is -0.624. The van der Waals surface area contributed by atoms with E-state index in [-0.39, 0.29) is 12.2 Å². The zero-order valence-electron chi connectivity index (χ0n) is 24.5. The Kier molecular flexibility index (Phi) is 8.73. The molecule has 0 spiro atoms.